The number of tetrazole rings is 1. The van der Waals surface area contributed by atoms with Crippen molar-refractivity contribution in [1.82, 2.24) is 25.5 Å². The van der Waals surface area contributed by atoms with E-state index in [1.165, 1.54) is 11.8 Å². The van der Waals surface area contributed by atoms with Gasteiger partial charge in [-0.3, -0.25) is 4.79 Å². The van der Waals surface area contributed by atoms with Crippen LogP contribution < -0.4 is 5.32 Å². The van der Waals surface area contributed by atoms with Gasteiger partial charge in [0, 0.05) is 11.6 Å². The van der Waals surface area contributed by atoms with E-state index >= 15 is 0 Å². The molecule has 3 rings (SSSR count). The first kappa shape index (κ1) is 17.4. The average Bonchev–Trinajstić information content (AvgIpc) is 3.08. The van der Waals surface area contributed by atoms with Crippen molar-refractivity contribution in [2.45, 2.75) is 18.6 Å². The molecular weight excluding hydrogens is 358 g/mol. The lowest BCUT2D eigenvalue weighted by molar-refractivity contribution is -0.118. The minimum Gasteiger partial charge on any atom is -0.351 e. The molecule has 2 aromatic carbocycles. The van der Waals surface area contributed by atoms with Crippen LogP contribution in [0.15, 0.2) is 53.7 Å². The van der Waals surface area contributed by atoms with E-state index in [1.54, 1.807) is 16.8 Å². The smallest absolute Gasteiger partial charge is 0.230 e. The minimum absolute atomic E-state index is 0.0705. The van der Waals surface area contributed by atoms with Gasteiger partial charge in [-0.25, -0.2) is 0 Å². The number of nitrogens with zero attached hydrogens (tertiary/aromatic N) is 4. The molecule has 0 saturated carbocycles. The standard InChI is InChI=1S/C17H16ClN5OS/c1-12-4-2-3-5-13(12)10-19-16(24)11-25-17-20-21-22-23(17)15-8-6-14(18)7-9-15/h2-9H,10-11H2,1H3,(H,19,24). The number of amides is 1. The summed E-state index contributed by atoms with van der Waals surface area (Å²) in [5, 5.41) is 15.7. The van der Waals surface area contributed by atoms with E-state index in [2.05, 4.69) is 20.8 Å². The average molecular weight is 374 g/mol. The van der Waals surface area contributed by atoms with Gasteiger partial charge in [0.25, 0.3) is 0 Å². The fraction of sp³-hybridized carbons (Fsp3) is 0.176. The van der Waals surface area contributed by atoms with Crippen LogP contribution in [0.25, 0.3) is 5.69 Å². The van der Waals surface area contributed by atoms with E-state index in [4.69, 9.17) is 11.6 Å². The first-order valence-corrected chi connectivity index (χ1v) is 8.98. The Hall–Kier alpha value is -2.38. The Morgan fingerprint density at radius 2 is 1.96 bits per heavy atom. The Balaban J connectivity index is 1.57. The molecule has 0 atom stereocenters. The van der Waals surface area contributed by atoms with Crippen LogP contribution in [0, 0.1) is 6.92 Å². The highest BCUT2D eigenvalue weighted by molar-refractivity contribution is 7.99. The lowest BCUT2D eigenvalue weighted by Crippen LogP contribution is -2.25. The molecule has 0 aliphatic rings. The number of rotatable bonds is 6. The van der Waals surface area contributed by atoms with Gasteiger partial charge in [0.05, 0.1) is 11.4 Å². The second-order valence-corrected chi connectivity index (χ2v) is 6.72. The van der Waals surface area contributed by atoms with Gasteiger partial charge >= 0.3 is 0 Å². The van der Waals surface area contributed by atoms with Crippen molar-refractivity contribution in [3.8, 4) is 5.69 Å². The Morgan fingerprint density at radius 1 is 1.20 bits per heavy atom. The summed E-state index contributed by atoms with van der Waals surface area (Å²) in [6.45, 7) is 2.53. The highest BCUT2D eigenvalue weighted by Gasteiger charge is 2.11. The number of hydrogen-bond acceptors (Lipinski definition) is 5. The molecule has 3 aromatic rings. The van der Waals surface area contributed by atoms with Crippen LogP contribution in [-0.4, -0.2) is 31.9 Å². The molecule has 0 radical (unpaired) electrons. The monoisotopic (exact) mass is 373 g/mol. The number of halogens is 1. The summed E-state index contributed by atoms with van der Waals surface area (Å²) in [6, 6.07) is 15.1. The molecule has 128 valence electrons. The summed E-state index contributed by atoms with van der Waals surface area (Å²) in [4.78, 5) is 12.1. The van der Waals surface area contributed by atoms with Crippen LogP contribution in [0.2, 0.25) is 5.02 Å². The topological polar surface area (TPSA) is 72.7 Å². The molecule has 1 aromatic heterocycles. The highest BCUT2D eigenvalue weighted by atomic mass is 35.5. The molecule has 0 bridgehead atoms. The fourth-order valence-electron chi connectivity index (χ4n) is 2.20. The number of aromatic nitrogens is 4. The van der Waals surface area contributed by atoms with Gasteiger partial charge in [-0.15, -0.1) is 5.10 Å². The van der Waals surface area contributed by atoms with Crippen molar-refractivity contribution < 1.29 is 4.79 Å². The van der Waals surface area contributed by atoms with Gasteiger partial charge in [-0.1, -0.05) is 47.6 Å². The Bertz CT molecular complexity index is 865. The van der Waals surface area contributed by atoms with Crippen molar-refractivity contribution in [3.05, 3.63) is 64.7 Å². The molecule has 8 heteroatoms. The molecule has 0 fully saturated rings. The zero-order valence-corrected chi connectivity index (χ0v) is 15.1. The molecule has 0 aliphatic carbocycles. The molecule has 0 unspecified atom stereocenters. The maximum absolute atomic E-state index is 12.1. The van der Waals surface area contributed by atoms with Crippen molar-refractivity contribution in [3.63, 3.8) is 0 Å². The number of thioether (sulfide) groups is 1. The van der Waals surface area contributed by atoms with E-state index in [9.17, 15) is 4.79 Å². The molecule has 0 aliphatic heterocycles. The highest BCUT2D eigenvalue weighted by Crippen LogP contribution is 2.19. The van der Waals surface area contributed by atoms with E-state index in [0.717, 1.165) is 16.8 Å². The Morgan fingerprint density at radius 3 is 2.72 bits per heavy atom. The summed E-state index contributed by atoms with van der Waals surface area (Å²) in [5.41, 5.74) is 3.05. The predicted molar refractivity (Wildman–Crippen MR) is 97.9 cm³/mol. The largest absolute Gasteiger partial charge is 0.351 e. The summed E-state index contributed by atoms with van der Waals surface area (Å²) in [7, 11) is 0. The van der Waals surface area contributed by atoms with Crippen LogP contribution in [0.4, 0.5) is 0 Å². The third kappa shape index (κ3) is 4.58. The van der Waals surface area contributed by atoms with Crippen LogP contribution in [0.3, 0.4) is 0 Å². The molecular formula is C17H16ClN5OS. The number of carbonyl (C=O) groups is 1. The SMILES string of the molecule is Cc1ccccc1CNC(=O)CSc1nnnn1-c1ccc(Cl)cc1. The predicted octanol–water partition coefficient (Wildman–Crippen LogP) is 3.03. The Kier molecular flexibility index (Phi) is 5.67. The van der Waals surface area contributed by atoms with Crippen molar-refractivity contribution in [1.29, 1.82) is 0 Å². The van der Waals surface area contributed by atoms with Gasteiger partial charge in [-0.2, -0.15) is 4.68 Å². The molecule has 0 spiro atoms. The Labute approximate surface area is 154 Å². The second kappa shape index (κ2) is 8.13. The third-order valence-corrected chi connectivity index (χ3v) is 4.75. The molecule has 1 amide bonds. The van der Waals surface area contributed by atoms with Gasteiger partial charge in [0.1, 0.15) is 0 Å². The van der Waals surface area contributed by atoms with E-state index in [-0.39, 0.29) is 11.7 Å². The van der Waals surface area contributed by atoms with Crippen LogP contribution in [0.1, 0.15) is 11.1 Å². The van der Waals surface area contributed by atoms with Gasteiger partial charge < -0.3 is 5.32 Å². The maximum Gasteiger partial charge on any atom is 0.230 e. The summed E-state index contributed by atoms with van der Waals surface area (Å²) in [6.07, 6.45) is 0. The van der Waals surface area contributed by atoms with E-state index in [0.29, 0.717) is 16.7 Å². The summed E-state index contributed by atoms with van der Waals surface area (Å²) in [5.74, 6) is 0.166. The quantitative estimate of drug-likeness (QED) is 0.672. The van der Waals surface area contributed by atoms with Crippen LogP contribution in [0.5, 0.6) is 0 Å². The fourth-order valence-corrected chi connectivity index (χ4v) is 3.04. The van der Waals surface area contributed by atoms with Gasteiger partial charge in [-0.05, 0) is 52.7 Å². The molecule has 1 N–H and O–H groups in total. The zero-order chi connectivity index (χ0) is 17.6. The van der Waals surface area contributed by atoms with Crippen molar-refractivity contribution in [2.75, 3.05) is 5.75 Å². The van der Waals surface area contributed by atoms with Gasteiger partial charge in [0.15, 0.2) is 0 Å². The summed E-state index contributed by atoms with van der Waals surface area (Å²) < 4.78 is 1.58. The number of nitrogens with one attached hydrogen (secondary N) is 1. The van der Waals surface area contributed by atoms with Crippen LogP contribution in [-0.2, 0) is 11.3 Å². The minimum atomic E-state index is -0.0705. The molecule has 1 heterocycles. The first-order valence-electron chi connectivity index (χ1n) is 7.62. The summed E-state index contributed by atoms with van der Waals surface area (Å²) >= 11 is 7.17. The lowest BCUT2D eigenvalue weighted by atomic mass is 10.1. The number of benzene rings is 2. The normalized spacial score (nSPS) is 10.6. The number of hydrogen-bond donors (Lipinski definition) is 1. The number of carbonyl (C=O) groups excluding carboxylic acids is 1. The maximum atomic E-state index is 12.1. The number of aryl methyl sites for hydroxylation is 1. The van der Waals surface area contributed by atoms with Crippen LogP contribution >= 0.6 is 23.4 Å². The van der Waals surface area contributed by atoms with Gasteiger partial charge in [0.2, 0.25) is 11.1 Å². The first-order chi connectivity index (χ1) is 12.1. The second-order valence-electron chi connectivity index (χ2n) is 5.34. The van der Waals surface area contributed by atoms with Crippen molar-refractivity contribution in [2.24, 2.45) is 0 Å². The molecule has 0 saturated heterocycles. The zero-order valence-electron chi connectivity index (χ0n) is 13.5. The van der Waals surface area contributed by atoms with E-state index < -0.39 is 0 Å². The molecule has 25 heavy (non-hydrogen) atoms. The lowest BCUT2D eigenvalue weighted by Gasteiger charge is -2.08. The molecule has 6 nitrogen and oxygen atoms in total. The van der Waals surface area contributed by atoms with E-state index in [1.807, 2.05) is 43.3 Å². The van der Waals surface area contributed by atoms with Crippen molar-refractivity contribution >= 4 is 29.3 Å². The third-order valence-electron chi connectivity index (χ3n) is 3.58.